The van der Waals surface area contributed by atoms with E-state index >= 15 is 0 Å². The van der Waals surface area contributed by atoms with Crippen molar-refractivity contribution in [2.45, 2.75) is 58.1 Å². The van der Waals surface area contributed by atoms with Gasteiger partial charge in [0.1, 0.15) is 5.60 Å². The van der Waals surface area contributed by atoms with Crippen molar-refractivity contribution in [2.24, 2.45) is 0 Å². The van der Waals surface area contributed by atoms with Crippen LogP contribution in [0, 0.1) is 0 Å². The van der Waals surface area contributed by atoms with E-state index in [1.165, 1.54) is 0 Å². The molecule has 1 aromatic rings. The summed E-state index contributed by atoms with van der Waals surface area (Å²) in [5.74, 6) is 0.0410. The molecule has 1 atom stereocenters. The lowest BCUT2D eigenvalue weighted by molar-refractivity contribution is -0.115. The maximum atomic E-state index is 12.4. The predicted molar refractivity (Wildman–Crippen MR) is 95.7 cm³/mol. The first kappa shape index (κ1) is 18.2. The van der Waals surface area contributed by atoms with E-state index in [0.717, 1.165) is 24.8 Å². The van der Waals surface area contributed by atoms with Crippen LogP contribution < -0.4 is 0 Å². The Labute approximate surface area is 144 Å². The molecule has 0 radical (unpaired) electrons. The molecule has 1 aromatic carbocycles. The van der Waals surface area contributed by atoms with Crippen molar-refractivity contribution >= 4 is 18.0 Å². The maximum Gasteiger partial charge on any atom is 0.410 e. The van der Waals surface area contributed by atoms with Crippen LogP contribution in [0.2, 0.25) is 0 Å². The lowest BCUT2D eigenvalue weighted by Gasteiger charge is -2.36. The molecule has 0 aliphatic carbocycles. The van der Waals surface area contributed by atoms with Gasteiger partial charge in [0, 0.05) is 19.0 Å². The molecule has 1 heterocycles. The lowest BCUT2D eigenvalue weighted by atomic mass is 9.97. The molecule has 1 amide bonds. The summed E-state index contributed by atoms with van der Waals surface area (Å²) in [4.78, 5) is 26.4. The Bertz CT molecular complexity index is 587. The maximum absolute atomic E-state index is 12.4. The Morgan fingerprint density at radius 2 is 1.92 bits per heavy atom. The van der Waals surface area contributed by atoms with Gasteiger partial charge in [0.05, 0.1) is 0 Å². The molecule has 0 saturated carbocycles. The number of allylic oxidation sites excluding steroid dienone is 1. The third kappa shape index (κ3) is 5.84. The van der Waals surface area contributed by atoms with Crippen LogP contribution >= 0.6 is 0 Å². The topological polar surface area (TPSA) is 46.6 Å². The van der Waals surface area contributed by atoms with Crippen LogP contribution in [-0.4, -0.2) is 35.0 Å². The first-order valence-corrected chi connectivity index (χ1v) is 8.61. The van der Waals surface area contributed by atoms with Crippen LogP contribution in [0.4, 0.5) is 4.79 Å². The van der Waals surface area contributed by atoms with Gasteiger partial charge in [0.2, 0.25) is 0 Å². The summed E-state index contributed by atoms with van der Waals surface area (Å²) in [6.45, 7) is 6.24. The average molecular weight is 329 g/mol. The lowest BCUT2D eigenvalue weighted by Crippen LogP contribution is -2.46. The summed E-state index contributed by atoms with van der Waals surface area (Å²) in [6.07, 6.45) is 6.32. The molecule has 4 heteroatoms. The minimum Gasteiger partial charge on any atom is -0.444 e. The van der Waals surface area contributed by atoms with Crippen LogP contribution in [0.5, 0.6) is 0 Å². The summed E-state index contributed by atoms with van der Waals surface area (Å²) in [5, 5.41) is 0. The van der Waals surface area contributed by atoms with Crippen LogP contribution in [-0.2, 0) is 9.53 Å². The number of carbonyl (C=O) groups excluding carboxylic acids is 2. The molecule has 1 aliphatic rings. The van der Waals surface area contributed by atoms with Crippen LogP contribution in [0.15, 0.2) is 36.4 Å². The quantitative estimate of drug-likeness (QED) is 0.767. The van der Waals surface area contributed by atoms with E-state index in [1.54, 1.807) is 11.0 Å². The highest BCUT2D eigenvalue weighted by molar-refractivity contribution is 5.94. The number of ether oxygens (including phenoxy) is 1. The Balaban J connectivity index is 1.96. The predicted octanol–water partition coefficient (Wildman–Crippen LogP) is 4.45. The van der Waals surface area contributed by atoms with E-state index in [9.17, 15) is 9.59 Å². The van der Waals surface area contributed by atoms with Crippen molar-refractivity contribution in [1.82, 2.24) is 4.90 Å². The molecule has 130 valence electrons. The summed E-state index contributed by atoms with van der Waals surface area (Å²) in [6, 6.07) is 9.67. The molecule has 2 rings (SSSR count). The molecule has 4 nitrogen and oxygen atoms in total. The second-order valence-corrected chi connectivity index (χ2v) is 7.24. The molecule has 0 spiro atoms. The number of hydrogen-bond donors (Lipinski definition) is 0. The van der Waals surface area contributed by atoms with Gasteiger partial charge in [-0.05, 0) is 51.7 Å². The number of nitrogens with zero attached hydrogens (tertiary/aromatic N) is 1. The zero-order chi connectivity index (χ0) is 17.6. The minimum atomic E-state index is -0.518. The summed E-state index contributed by atoms with van der Waals surface area (Å²) < 4.78 is 5.48. The zero-order valence-corrected chi connectivity index (χ0v) is 14.8. The Kier molecular flexibility index (Phi) is 6.18. The van der Waals surface area contributed by atoms with E-state index in [-0.39, 0.29) is 17.9 Å². The fourth-order valence-corrected chi connectivity index (χ4v) is 2.83. The van der Waals surface area contributed by atoms with Crippen molar-refractivity contribution in [3.63, 3.8) is 0 Å². The number of piperidine rings is 1. The molecule has 24 heavy (non-hydrogen) atoms. The minimum absolute atomic E-state index is 0.0410. The van der Waals surface area contributed by atoms with Crippen LogP contribution in [0.25, 0.3) is 6.08 Å². The van der Waals surface area contributed by atoms with Crippen molar-refractivity contribution in [2.75, 3.05) is 6.54 Å². The molecular weight excluding hydrogens is 302 g/mol. The number of amides is 1. The molecule has 0 aromatic heterocycles. The highest BCUT2D eigenvalue weighted by Gasteiger charge is 2.31. The van der Waals surface area contributed by atoms with Crippen molar-refractivity contribution in [1.29, 1.82) is 0 Å². The monoisotopic (exact) mass is 329 g/mol. The van der Waals surface area contributed by atoms with Gasteiger partial charge in [-0.2, -0.15) is 0 Å². The Hall–Kier alpha value is -2.10. The van der Waals surface area contributed by atoms with Crippen LogP contribution in [0.3, 0.4) is 0 Å². The Morgan fingerprint density at radius 1 is 1.21 bits per heavy atom. The number of rotatable bonds is 4. The van der Waals surface area contributed by atoms with Gasteiger partial charge in [-0.1, -0.05) is 36.4 Å². The van der Waals surface area contributed by atoms with E-state index < -0.39 is 5.60 Å². The first-order valence-electron chi connectivity index (χ1n) is 8.61. The van der Waals surface area contributed by atoms with Crippen molar-refractivity contribution in [3.8, 4) is 0 Å². The number of likely N-dealkylation sites (tertiary alicyclic amines) is 1. The standard InChI is InChI=1S/C20H27NO3/c1-20(2,3)24-19(23)21-14-8-7-11-17(21)15-18(22)13-12-16-9-5-4-6-10-16/h4-6,9-10,12-13,17H,7-8,11,14-15H2,1-3H3/b13-12+/t17-/m1/s1. The molecule has 0 N–H and O–H groups in total. The number of benzene rings is 1. The third-order valence-electron chi connectivity index (χ3n) is 3.95. The van der Waals surface area contributed by atoms with E-state index in [2.05, 4.69) is 0 Å². The van der Waals surface area contributed by atoms with Gasteiger partial charge in [-0.3, -0.25) is 4.79 Å². The van der Waals surface area contributed by atoms with Gasteiger partial charge in [-0.25, -0.2) is 4.79 Å². The molecular formula is C20H27NO3. The highest BCUT2D eigenvalue weighted by Crippen LogP contribution is 2.23. The summed E-state index contributed by atoms with van der Waals surface area (Å²) in [7, 11) is 0. The molecule has 1 aliphatic heterocycles. The molecule has 1 saturated heterocycles. The van der Waals surface area contributed by atoms with Gasteiger partial charge in [0.25, 0.3) is 0 Å². The van der Waals surface area contributed by atoms with Crippen molar-refractivity contribution in [3.05, 3.63) is 42.0 Å². The molecule has 0 bridgehead atoms. The van der Waals surface area contributed by atoms with Gasteiger partial charge < -0.3 is 9.64 Å². The number of ketones is 1. The third-order valence-corrected chi connectivity index (χ3v) is 3.95. The number of hydrogen-bond acceptors (Lipinski definition) is 3. The highest BCUT2D eigenvalue weighted by atomic mass is 16.6. The smallest absolute Gasteiger partial charge is 0.410 e. The van der Waals surface area contributed by atoms with E-state index in [0.29, 0.717) is 13.0 Å². The first-order chi connectivity index (χ1) is 11.3. The molecule has 1 fully saturated rings. The van der Waals surface area contributed by atoms with Gasteiger partial charge in [-0.15, -0.1) is 0 Å². The Morgan fingerprint density at radius 3 is 2.58 bits per heavy atom. The normalized spacial score (nSPS) is 18.6. The largest absolute Gasteiger partial charge is 0.444 e. The summed E-state index contributed by atoms with van der Waals surface area (Å²) >= 11 is 0. The van der Waals surface area contributed by atoms with Crippen molar-refractivity contribution < 1.29 is 14.3 Å². The molecule has 0 unspecified atom stereocenters. The zero-order valence-electron chi connectivity index (χ0n) is 14.8. The SMILES string of the molecule is CC(C)(C)OC(=O)N1CCCC[C@@H]1CC(=O)/C=C/c1ccccc1. The van der Waals surface area contributed by atoms with Crippen LogP contribution in [0.1, 0.15) is 52.0 Å². The fourth-order valence-electron chi connectivity index (χ4n) is 2.83. The van der Waals surface area contributed by atoms with E-state index in [4.69, 9.17) is 4.74 Å². The second kappa shape index (κ2) is 8.13. The average Bonchev–Trinajstić information content (AvgIpc) is 2.53. The number of carbonyl (C=O) groups is 2. The second-order valence-electron chi connectivity index (χ2n) is 7.24. The summed E-state index contributed by atoms with van der Waals surface area (Å²) in [5.41, 5.74) is 0.481. The van der Waals surface area contributed by atoms with Gasteiger partial charge in [0.15, 0.2) is 5.78 Å². The fraction of sp³-hybridized carbons (Fsp3) is 0.500. The van der Waals surface area contributed by atoms with E-state index in [1.807, 2.05) is 57.2 Å². The van der Waals surface area contributed by atoms with Gasteiger partial charge >= 0.3 is 6.09 Å².